The molecule has 0 aliphatic rings. The van der Waals surface area contributed by atoms with Crippen LogP contribution in [0, 0.1) is 6.92 Å². The van der Waals surface area contributed by atoms with E-state index in [1.54, 1.807) is 0 Å². The Labute approximate surface area is 115 Å². The lowest BCUT2D eigenvalue weighted by atomic mass is 10.2. The summed E-state index contributed by atoms with van der Waals surface area (Å²) in [4.78, 5) is 11.4. The molecule has 4 heteroatoms. The predicted molar refractivity (Wildman–Crippen MR) is 77.6 cm³/mol. The standard InChI is InChI=1S/C15H24N2O2/c1-3-4-5-10-16-15(18)17-11-12-19-14-8-6-13(2)7-9-14/h6-9H,3-5,10-12H2,1-2H3,(H2,16,17,18). The van der Waals surface area contributed by atoms with E-state index in [9.17, 15) is 4.79 Å². The highest BCUT2D eigenvalue weighted by Gasteiger charge is 1.98. The number of nitrogens with one attached hydrogen (secondary N) is 2. The number of hydrogen-bond acceptors (Lipinski definition) is 2. The first-order valence-electron chi connectivity index (χ1n) is 6.93. The van der Waals surface area contributed by atoms with Crippen molar-refractivity contribution < 1.29 is 9.53 Å². The highest BCUT2D eigenvalue weighted by Crippen LogP contribution is 2.10. The zero-order valence-corrected chi connectivity index (χ0v) is 11.9. The molecular weight excluding hydrogens is 240 g/mol. The Bertz CT molecular complexity index is 363. The molecule has 0 aliphatic carbocycles. The van der Waals surface area contributed by atoms with Crippen molar-refractivity contribution in [2.75, 3.05) is 19.7 Å². The molecule has 19 heavy (non-hydrogen) atoms. The lowest BCUT2D eigenvalue weighted by Crippen LogP contribution is -2.38. The highest BCUT2D eigenvalue weighted by atomic mass is 16.5. The van der Waals surface area contributed by atoms with E-state index in [2.05, 4.69) is 17.6 Å². The fraction of sp³-hybridized carbons (Fsp3) is 0.533. The van der Waals surface area contributed by atoms with Crippen molar-refractivity contribution in [3.8, 4) is 5.75 Å². The van der Waals surface area contributed by atoms with E-state index in [0.717, 1.165) is 31.6 Å². The van der Waals surface area contributed by atoms with Crippen LogP contribution in [-0.4, -0.2) is 25.7 Å². The number of hydrogen-bond donors (Lipinski definition) is 2. The van der Waals surface area contributed by atoms with E-state index in [-0.39, 0.29) is 6.03 Å². The third kappa shape index (κ3) is 7.34. The molecule has 0 aliphatic heterocycles. The Hall–Kier alpha value is -1.71. The highest BCUT2D eigenvalue weighted by molar-refractivity contribution is 5.73. The summed E-state index contributed by atoms with van der Waals surface area (Å²) in [6, 6.07) is 7.75. The molecule has 0 fully saturated rings. The topological polar surface area (TPSA) is 50.4 Å². The van der Waals surface area contributed by atoms with Gasteiger partial charge in [0.05, 0.1) is 6.54 Å². The van der Waals surface area contributed by atoms with Crippen LogP contribution in [0.3, 0.4) is 0 Å². The monoisotopic (exact) mass is 264 g/mol. The minimum Gasteiger partial charge on any atom is -0.492 e. The zero-order valence-electron chi connectivity index (χ0n) is 11.9. The van der Waals surface area contributed by atoms with Gasteiger partial charge in [0.25, 0.3) is 0 Å². The Balaban J connectivity index is 2.03. The average Bonchev–Trinajstić information content (AvgIpc) is 2.42. The molecule has 4 nitrogen and oxygen atoms in total. The number of carbonyl (C=O) groups excluding carboxylic acids is 1. The van der Waals surface area contributed by atoms with E-state index in [1.165, 1.54) is 5.56 Å². The van der Waals surface area contributed by atoms with Crippen molar-refractivity contribution in [3.63, 3.8) is 0 Å². The van der Waals surface area contributed by atoms with Crippen LogP contribution in [0.5, 0.6) is 5.75 Å². The molecule has 2 N–H and O–H groups in total. The average molecular weight is 264 g/mol. The van der Waals surface area contributed by atoms with Gasteiger partial charge in [-0.25, -0.2) is 4.79 Å². The molecule has 0 atom stereocenters. The van der Waals surface area contributed by atoms with Gasteiger partial charge < -0.3 is 15.4 Å². The SMILES string of the molecule is CCCCCNC(=O)NCCOc1ccc(C)cc1. The number of carbonyl (C=O) groups is 1. The second kappa shape index (κ2) is 9.25. The zero-order chi connectivity index (χ0) is 13.9. The maximum Gasteiger partial charge on any atom is 0.314 e. The molecule has 2 amide bonds. The maximum absolute atomic E-state index is 11.4. The summed E-state index contributed by atoms with van der Waals surface area (Å²) in [5.41, 5.74) is 1.21. The predicted octanol–water partition coefficient (Wildman–Crippen LogP) is 2.86. The van der Waals surface area contributed by atoms with Gasteiger partial charge in [0.2, 0.25) is 0 Å². The van der Waals surface area contributed by atoms with Gasteiger partial charge in [-0.3, -0.25) is 0 Å². The molecule has 0 saturated carbocycles. The van der Waals surface area contributed by atoms with Crippen LogP contribution in [0.15, 0.2) is 24.3 Å². The number of rotatable bonds is 8. The summed E-state index contributed by atoms with van der Waals surface area (Å²) in [6.07, 6.45) is 3.34. The van der Waals surface area contributed by atoms with Crippen molar-refractivity contribution in [2.45, 2.75) is 33.1 Å². The summed E-state index contributed by atoms with van der Waals surface area (Å²) in [6.45, 7) is 5.90. The number of ether oxygens (including phenoxy) is 1. The molecule has 0 spiro atoms. The fourth-order valence-electron chi connectivity index (χ4n) is 1.61. The molecular formula is C15H24N2O2. The first-order chi connectivity index (χ1) is 9.22. The van der Waals surface area contributed by atoms with E-state index in [1.807, 2.05) is 31.2 Å². The van der Waals surface area contributed by atoms with Crippen molar-refractivity contribution in [1.82, 2.24) is 10.6 Å². The summed E-state index contributed by atoms with van der Waals surface area (Å²) < 4.78 is 5.51. The van der Waals surface area contributed by atoms with Crippen LogP contribution in [-0.2, 0) is 0 Å². The molecule has 0 heterocycles. The lowest BCUT2D eigenvalue weighted by molar-refractivity contribution is 0.236. The smallest absolute Gasteiger partial charge is 0.314 e. The third-order valence-corrected chi connectivity index (χ3v) is 2.74. The van der Waals surface area contributed by atoms with Gasteiger partial charge in [-0.15, -0.1) is 0 Å². The van der Waals surface area contributed by atoms with Gasteiger partial charge in [0.15, 0.2) is 0 Å². The van der Waals surface area contributed by atoms with E-state index in [0.29, 0.717) is 13.2 Å². The van der Waals surface area contributed by atoms with Gasteiger partial charge in [-0.2, -0.15) is 0 Å². The summed E-state index contributed by atoms with van der Waals surface area (Å²) in [5.74, 6) is 0.829. The van der Waals surface area contributed by atoms with Gasteiger partial charge in [-0.1, -0.05) is 37.5 Å². The number of benzene rings is 1. The fourth-order valence-corrected chi connectivity index (χ4v) is 1.61. The van der Waals surface area contributed by atoms with Crippen molar-refractivity contribution in [3.05, 3.63) is 29.8 Å². The van der Waals surface area contributed by atoms with Gasteiger partial charge in [-0.05, 0) is 25.5 Å². The molecule has 106 valence electrons. The normalized spacial score (nSPS) is 10.0. The number of aryl methyl sites for hydroxylation is 1. The largest absolute Gasteiger partial charge is 0.492 e. The molecule has 1 aromatic carbocycles. The van der Waals surface area contributed by atoms with Crippen LogP contribution in [0.1, 0.15) is 31.7 Å². The molecule has 0 radical (unpaired) electrons. The van der Waals surface area contributed by atoms with Crippen LogP contribution in [0.25, 0.3) is 0 Å². The summed E-state index contributed by atoms with van der Waals surface area (Å²) in [5, 5.41) is 5.58. The minimum atomic E-state index is -0.122. The molecule has 0 aromatic heterocycles. The van der Waals surface area contributed by atoms with Crippen LogP contribution < -0.4 is 15.4 Å². The Morgan fingerprint density at radius 1 is 1.11 bits per heavy atom. The van der Waals surface area contributed by atoms with Crippen LogP contribution in [0.2, 0.25) is 0 Å². The van der Waals surface area contributed by atoms with E-state index >= 15 is 0 Å². The van der Waals surface area contributed by atoms with Crippen molar-refractivity contribution >= 4 is 6.03 Å². The number of amides is 2. The second-order valence-electron chi connectivity index (χ2n) is 4.55. The molecule has 0 saturated heterocycles. The summed E-state index contributed by atoms with van der Waals surface area (Å²) in [7, 11) is 0. The van der Waals surface area contributed by atoms with Crippen molar-refractivity contribution in [2.24, 2.45) is 0 Å². The molecule has 1 rings (SSSR count). The maximum atomic E-state index is 11.4. The van der Waals surface area contributed by atoms with Gasteiger partial charge in [0, 0.05) is 6.54 Å². The Morgan fingerprint density at radius 2 is 1.79 bits per heavy atom. The van der Waals surface area contributed by atoms with Crippen LogP contribution in [0.4, 0.5) is 4.79 Å². The summed E-state index contributed by atoms with van der Waals surface area (Å²) >= 11 is 0. The van der Waals surface area contributed by atoms with Crippen molar-refractivity contribution in [1.29, 1.82) is 0 Å². The van der Waals surface area contributed by atoms with Gasteiger partial charge >= 0.3 is 6.03 Å². The Kier molecular flexibility index (Phi) is 7.47. The lowest BCUT2D eigenvalue weighted by Gasteiger charge is -2.09. The third-order valence-electron chi connectivity index (χ3n) is 2.74. The van der Waals surface area contributed by atoms with E-state index in [4.69, 9.17) is 4.74 Å². The quantitative estimate of drug-likeness (QED) is 0.709. The molecule has 0 bridgehead atoms. The second-order valence-corrected chi connectivity index (χ2v) is 4.55. The first kappa shape index (κ1) is 15.3. The minimum absolute atomic E-state index is 0.122. The Morgan fingerprint density at radius 3 is 2.47 bits per heavy atom. The van der Waals surface area contributed by atoms with Gasteiger partial charge in [0.1, 0.15) is 12.4 Å². The van der Waals surface area contributed by atoms with Crippen LogP contribution >= 0.6 is 0 Å². The molecule has 0 unspecified atom stereocenters. The van der Waals surface area contributed by atoms with E-state index < -0.39 is 0 Å². The number of urea groups is 1. The number of unbranched alkanes of at least 4 members (excludes halogenated alkanes) is 2. The molecule has 1 aromatic rings. The first-order valence-corrected chi connectivity index (χ1v) is 6.93.